The molecule has 0 spiro atoms. The van der Waals surface area contributed by atoms with Crippen LogP contribution in [0.4, 0.5) is 5.82 Å². The van der Waals surface area contributed by atoms with Crippen molar-refractivity contribution in [3.05, 3.63) is 72.1 Å². The molecule has 0 atom stereocenters. The molecule has 0 saturated heterocycles. The van der Waals surface area contributed by atoms with Crippen molar-refractivity contribution in [1.29, 1.82) is 0 Å². The molecule has 7 heteroatoms. The lowest BCUT2D eigenvalue weighted by Gasteiger charge is -2.12. The molecule has 7 nitrogen and oxygen atoms in total. The first kappa shape index (κ1) is 22.9. The number of aromatic nitrogens is 1. The highest BCUT2D eigenvalue weighted by Gasteiger charge is 2.18. The number of hydrogen-bond donors (Lipinski definition) is 1. The van der Waals surface area contributed by atoms with Crippen LogP contribution in [0.2, 0.25) is 0 Å². The molecule has 0 radical (unpaired) electrons. The van der Waals surface area contributed by atoms with E-state index >= 15 is 0 Å². The molecule has 1 N–H and O–H groups in total. The van der Waals surface area contributed by atoms with Gasteiger partial charge < -0.3 is 23.9 Å². The Hall–Kier alpha value is -4.26. The molecule has 4 aromatic rings. The predicted molar refractivity (Wildman–Crippen MR) is 133 cm³/mol. The summed E-state index contributed by atoms with van der Waals surface area (Å²) in [7, 11) is 4.83. The van der Waals surface area contributed by atoms with Gasteiger partial charge in [-0.1, -0.05) is 6.07 Å². The molecule has 34 heavy (non-hydrogen) atoms. The van der Waals surface area contributed by atoms with Crippen molar-refractivity contribution < 1.29 is 23.4 Å². The predicted octanol–water partition coefficient (Wildman–Crippen LogP) is 5.87. The van der Waals surface area contributed by atoms with E-state index in [-0.39, 0.29) is 5.91 Å². The summed E-state index contributed by atoms with van der Waals surface area (Å²) >= 11 is 0. The summed E-state index contributed by atoms with van der Waals surface area (Å²) in [5, 5.41) is 3.69. The molecular weight excluding hydrogens is 432 g/mol. The third kappa shape index (κ3) is 4.45. The highest BCUT2D eigenvalue weighted by atomic mass is 16.5. The van der Waals surface area contributed by atoms with Crippen molar-refractivity contribution in [3.63, 3.8) is 0 Å². The number of methoxy groups -OCH3 is 3. The number of aryl methyl sites for hydroxylation is 1. The third-order valence-electron chi connectivity index (χ3n) is 5.62. The van der Waals surface area contributed by atoms with Gasteiger partial charge in [0.15, 0.2) is 0 Å². The molecule has 4 rings (SSSR count). The fourth-order valence-corrected chi connectivity index (χ4v) is 3.81. The Balaban J connectivity index is 1.77. The van der Waals surface area contributed by atoms with Crippen molar-refractivity contribution in [2.45, 2.75) is 13.8 Å². The standard InChI is InChI=1S/C27H26N2O5/c1-16-7-6-10-28-27(16)29-26(30)11-17(2)19-13-21-22(15-34-25(21)14-24(19)33-5)20-12-18(31-3)8-9-23(20)32-4/h6-15H,1-5H3,(H,28,29,30)/b17-11+. The number of nitrogens with zero attached hydrogens (tertiary/aromatic N) is 1. The van der Waals surface area contributed by atoms with Crippen molar-refractivity contribution in [2.75, 3.05) is 26.6 Å². The number of allylic oxidation sites excluding steroid dienone is 1. The van der Waals surface area contributed by atoms with Gasteiger partial charge in [-0.15, -0.1) is 0 Å². The minimum absolute atomic E-state index is 0.275. The van der Waals surface area contributed by atoms with Gasteiger partial charge in [-0.2, -0.15) is 0 Å². The number of nitrogens with one attached hydrogen (secondary N) is 1. The van der Waals surface area contributed by atoms with Crippen molar-refractivity contribution in [3.8, 4) is 28.4 Å². The fourth-order valence-electron chi connectivity index (χ4n) is 3.81. The number of carbonyl (C=O) groups is 1. The first-order chi connectivity index (χ1) is 16.4. The topological polar surface area (TPSA) is 82.8 Å². The average Bonchev–Trinajstić information content (AvgIpc) is 3.26. The lowest BCUT2D eigenvalue weighted by molar-refractivity contribution is -0.111. The van der Waals surface area contributed by atoms with E-state index in [1.165, 1.54) is 6.08 Å². The minimum atomic E-state index is -0.275. The highest BCUT2D eigenvalue weighted by Crippen LogP contribution is 2.41. The van der Waals surface area contributed by atoms with Gasteiger partial charge >= 0.3 is 0 Å². The van der Waals surface area contributed by atoms with Crippen LogP contribution in [0.25, 0.3) is 27.7 Å². The third-order valence-corrected chi connectivity index (χ3v) is 5.62. The maximum atomic E-state index is 12.7. The summed E-state index contributed by atoms with van der Waals surface area (Å²) in [5.74, 6) is 2.25. The molecule has 2 aromatic carbocycles. The molecule has 0 unspecified atom stereocenters. The smallest absolute Gasteiger partial charge is 0.249 e. The van der Waals surface area contributed by atoms with Crippen molar-refractivity contribution in [1.82, 2.24) is 4.98 Å². The SMILES string of the molecule is COc1ccc(OC)c(-c2coc3cc(OC)c(/C(C)=C/C(=O)Nc4ncccc4C)cc23)c1. The Morgan fingerprint density at radius 3 is 2.50 bits per heavy atom. The summed E-state index contributed by atoms with van der Waals surface area (Å²) < 4.78 is 22.4. The molecule has 0 aliphatic heterocycles. The molecule has 0 fully saturated rings. The maximum absolute atomic E-state index is 12.7. The Bertz CT molecular complexity index is 1390. The number of fused-ring (bicyclic) bond motifs is 1. The van der Waals surface area contributed by atoms with Gasteiger partial charge in [0.05, 0.1) is 27.6 Å². The van der Waals surface area contributed by atoms with Gasteiger partial charge in [-0.25, -0.2) is 4.98 Å². The molecule has 0 aliphatic carbocycles. The lowest BCUT2D eigenvalue weighted by Crippen LogP contribution is -2.11. The van der Waals surface area contributed by atoms with Gasteiger partial charge in [0.2, 0.25) is 5.91 Å². The first-order valence-corrected chi connectivity index (χ1v) is 10.7. The maximum Gasteiger partial charge on any atom is 0.249 e. The number of furan rings is 1. The molecular formula is C27H26N2O5. The van der Waals surface area contributed by atoms with Gasteiger partial charge in [0.25, 0.3) is 0 Å². The van der Waals surface area contributed by atoms with Crippen LogP contribution in [0.15, 0.2) is 65.4 Å². The number of pyridine rings is 1. The Labute approximate surface area is 198 Å². The van der Waals surface area contributed by atoms with Gasteiger partial charge in [0.1, 0.15) is 28.6 Å². The first-order valence-electron chi connectivity index (χ1n) is 10.7. The van der Waals surface area contributed by atoms with E-state index in [9.17, 15) is 4.79 Å². The Kier molecular flexibility index (Phi) is 6.54. The van der Waals surface area contributed by atoms with Crippen molar-refractivity contribution >= 4 is 28.3 Å². The molecule has 0 aliphatic rings. The minimum Gasteiger partial charge on any atom is -0.497 e. The summed E-state index contributed by atoms with van der Waals surface area (Å²) in [4.78, 5) is 16.9. The second-order valence-corrected chi connectivity index (χ2v) is 7.75. The highest BCUT2D eigenvalue weighted by molar-refractivity contribution is 6.05. The zero-order valence-electron chi connectivity index (χ0n) is 19.8. The van der Waals surface area contributed by atoms with Gasteiger partial charge in [-0.3, -0.25) is 4.79 Å². The lowest BCUT2D eigenvalue weighted by atomic mass is 9.98. The second kappa shape index (κ2) is 9.70. The summed E-state index contributed by atoms with van der Waals surface area (Å²) in [6.45, 7) is 3.75. The van der Waals surface area contributed by atoms with Crippen LogP contribution >= 0.6 is 0 Å². The van der Waals surface area contributed by atoms with Gasteiger partial charge in [0, 0.05) is 40.4 Å². The van der Waals surface area contributed by atoms with E-state index in [2.05, 4.69) is 10.3 Å². The number of ether oxygens (including phenoxy) is 3. The molecule has 2 heterocycles. The van der Waals surface area contributed by atoms with E-state index in [4.69, 9.17) is 18.6 Å². The molecule has 0 saturated carbocycles. The zero-order chi connectivity index (χ0) is 24.2. The molecule has 0 bridgehead atoms. The normalized spacial score (nSPS) is 11.4. The van der Waals surface area contributed by atoms with Crippen LogP contribution in [0.5, 0.6) is 17.2 Å². The van der Waals surface area contributed by atoms with E-state index in [0.29, 0.717) is 28.6 Å². The monoisotopic (exact) mass is 458 g/mol. The molecule has 174 valence electrons. The number of hydrogen-bond acceptors (Lipinski definition) is 6. The van der Waals surface area contributed by atoms with Gasteiger partial charge in [-0.05, 0) is 55.3 Å². The van der Waals surface area contributed by atoms with Crippen molar-refractivity contribution in [2.24, 2.45) is 0 Å². The quantitative estimate of drug-likeness (QED) is 0.349. The van der Waals surface area contributed by atoms with Crippen LogP contribution in [-0.4, -0.2) is 32.2 Å². The average molecular weight is 459 g/mol. The molecule has 2 aromatic heterocycles. The Morgan fingerprint density at radius 1 is 1.00 bits per heavy atom. The summed E-state index contributed by atoms with van der Waals surface area (Å²) in [6.07, 6.45) is 4.86. The zero-order valence-corrected chi connectivity index (χ0v) is 19.8. The van der Waals surface area contributed by atoms with Crippen LogP contribution in [0, 0.1) is 6.92 Å². The summed E-state index contributed by atoms with van der Waals surface area (Å²) in [6, 6.07) is 13.1. The molecule has 1 amide bonds. The van der Waals surface area contributed by atoms with Crippen LogP contribution in [0.3, 0.4) is 0 Å². The van der Waals surface area contributed by atoms with E-state index in [1.54, 1.807) is 33.8 Å². The number of amides is 1. The van der Waals surface area contributed by atoms with Crippen LogP contribution in [0.1, 0.15) is 18.1 Å². The Morgan fingerprint density at radius 2 is 1.79 bits per heavy atom. The number of benzene rings is 2. The largest absolute Gasteiger partial charge is 0.497 e. The van der Waals surface area contributed by atoms with Crippen LogP contribution < -0.4 is 19.5 Å². The van der Waals surface area contributed by atoms with Crippen LogP contribution in [-0.2, 0) is 4.79 Å². The second-order valence-electron chi connectivity index (χ2n) is 7.75. The number of carbonyl (C=O) groups excluding carboxylic acids is 1. The number of anilines is 1. The number of rotatable bonds is 7. The van der Waals surface area contributed by atoms with E-state index in [1.807, 2.05) is 56.3 Å². The summed E-state index contributed by atoms with van der Waals surface area (Å²) in [5.41, 5.74) is 4.72. The van der Waals surface area contributed by atoms with E-state index < -0.39 is 0 Å². The van der Waals surface area contributed by atoms with E-state index in [0.717, 1.165) is 33.2 Å². The fraction of sp³-hybridized carbons (Fsp3) is 0.185.